The third-order valence-corrected chi connectivity index (χ3v) is 2.95. The molecular formula is C14H18N2. The molecule has 0 amide bonds. The maximum absolute atomic E-state index is 4.74. The summed E-state index contributed by atoms with van der Waals surface area (Å²) in [5, 5.41) is 1.22. The molecule has 2 heteroatoms. The lowest BCUT2D eigenvalue weighted by Crippen LogP contribution is -2.23. The molecule has 0 fully saturated rings. The van der Waals surface area contributed by atoms with Gasteiger partial charge in [-0.2, -0.15) is 0 Å². The van der Waals surface area contributed by atoms with Crippen molar-refractivity contribution in [2.45, 2.75) is 20.8 Å². The highest BCUT2D eigenvalue weighted by Crippen LogP contribution is 2.22. The number of pyridine rings is 1. The Bertz CT molecular complexity index is 487. The summed E-state index contributed by atoms with van der Waals surface area (Å²) in [7, 11) is 0. The van der Waals surface area contributed by atoms with Gasteiger partial charge < -0.3 is 4.90 Å². The maximum atomic E-state index is 4.74. The number of hydrogen-bond acceptors (Lipinski definition) is 2. The first-order chi connectivity index (χ1) is 7.76. The van der Waals surface area contributed by atoms with Crippen molar-refractivity contribution in [1.82, 2.24) is 4.98 Å². The Morgan fingerprint density at radius 3 is 2.50 bits per heavy atom. The van der Waals surface area contributed by atoms with Gasteiger partial charge in [0, 0.05) is 18.5 Å². The van der Waals surface area contributed by atoms with Gasteiger partial charge in [-0.3, -0.25) is 0 Å². The first kappa shape index (κ1) is 10.9. The predicted octanol–water partition coefficient (Wildman–Crippen LogP) is 3.39. The minimum atomic E-state index is 1.00. The fourth-order valence-electron chi connectivity index (χ4n) is 2.05. The second-order valence-corrected chi connectivity index (χ2v) is 3.99. The average Bonchev–Trinajstić information content (AvgIpc) is 2.31. The van der Waals surface area contributed by atoms with E-state index in [1.165, 1.54) is 10.9 Å². The van der Waals surface area contributed by atoms with Crippen molar-refractivity contribution in [2.75, 3.05) is 18.0 Å². The topological polar surface area (TPSA) is 16.1 Å². The Labute approximate surface area is 96.9 Å². The zero-order chi connectivity index (χ0) is 11.5. The van der Waals surface area contributed by atoms with E-state index < -0.39 is 0 Å². The van der Waals surface area contributed by atoms with Crippen molar-refractivity contribution in [3.8, 4) is 0 Å². The lowest BCUT2D eigenvalue weighted by Gasteiger charge is -2.22. The number of aromatic nitrogens is 1. The number of fused-ring (bicyclic) bond motifs is 1. The number of aryl methyl sites for hydroxylation is 1. The molecule has 0 unspecified atom stereocenters. The van der Waals surface area contributed by atoms with Crippen LogP contribution in [0, 0.1) is 6.92 Å². The molecule has 0 aliphatic carbocycles. The van der Waals surface area contributed by atoms with Crippen LogP contribution >= 0.6 is 0 Å². The van der Waals surface area contributed by atoms with Crippen molar-refractivity contribution >= 4 is 16.7 Å². The van der Waals surface area contributed by atoms with Crippen LogP contribution in [0.2, 0.25) is 0 Å². The Morgan fingerprint density at radius 2 is 1.81 bits per heavy atom. The van der Waals surface area contributed by atoms with Crippen LogP contribution in [-0.4, -0.2) is 18.1 Å². The molecule has 2 rings (SSSR count). The number of nitrogens with zero attached hydrogens (tertiary/aromatic N) is 2. The van der Waals surface area contributed by atoms with E-state index in [0.717, 1.165) is 24.4 Å². The minimum absolute atomic E-state index is 1.00. The van der Waals surface area contributed by atoms with E-state index in [1.807, 2.05) is 6.07 Å². The van der Waals surface area contributed by atoms with Crippen molar-refractivity contribution in [3.63, 3.8) is 0 Å². The highest BCUT2D eigenvalue weighted by Gasteiger charge is 2.08. The van der Waals surface area contributed by atoms with E-state index in [9.17, 15) is 0 Å². The molecule has 0 atom stereocenters. The summed E-state index contributed by atoms with van der Waals surface area (Å²) < 4.78 is 0. The van der Waals surface area contributed by atoms with Gasteiger partial charge in [-0.15, -0.1) is 0 Å². The van der Waals surface area contributed by atoms with Crippen molar-refractivity contribution < 1.29 is 0 Å². The van der Waals surface area contributed by atoms with Gasteiger partial charge >= 0.3 is 0 Å². The molecule has 1 aromatic heterocycles. The second-order valence-electron chi connectivity index (χ2n) is 3.99. The SMILES string of the molecule is CCN(CC)c1nc2ccccc2cc1C. The lowest BCUT2D eigenvalue weighted by atomic mass is 10.1. The summed E-state index contributed by atoms with van der Waals surface area (Å²) in [6, 6.07) is 10.5. The molecule has 2 nitrogen and oxygen atoms in total. The van der Waals surface area contributed by atoms with Crippen LogP contribution < -0.4 is 4.90 Å². The first-order valence-corrected chi connectivity index (χ1v) is 5.87. The molecule has 16 heavy (non-hydrogen) atoms. The molecule has 0 saturated carbocycles. The molecule has 0 bridgehead atoms. The van der Waals surface area contributed by atoms with E-state index in [0.29, 0.717) is 0 Å². The summed E-state index contributed by atoms with van der Waals surface area (Å²) in [4.78, 5) is 7.04. The fraction of sp³-hybridized carbons (Fsp3) is 0.357. The molecule has 0 aliphatic heterocycles. The van der Waals surface area contributed by atoms with Gasteiger partial charge in [0.2, 0.25) is 0 Å². The summed E-state index contributed by atoms with van der Waals surface area (Å²) in [6.45, 7) is 8.47. The van der Waals surface area contributed by atoms with Crippen LogP contribution in [0.15, 0.2) is 30.3 Å². The number of anilines is 1. The number of benzene rings is 1. The van der Waals surface area contributed by atoms with Gasteiger partial charge in [-0.25, -0.2) is 4.98 Å². The molecule has 2 aromatic rings. The molecular weight excluding hydrogens is 196 g/mol. The van der Waals surface area contributed by atoms with Crippen LogP contribution in [0.3, 0.4) is 0 Å². The third kappa shape index (κ3) is 1.87. The molecule has 0 saturated heterocycles. The highest BCUT2D eigenvalue weighted by molar-refractivity contribution is 5.81. The average molecular weight is 214 g/mol. The van der Waals surface area contributed by atoms with Gasteiger partial charge in [0.25, 0.3) is 0 Å². The normalized spacial score (nSPS) is 10.7. The zero-order valence-corrected chi connectivity index (χ0v) is 10.2. The fourth-order valence-corrected chi connectivity index (χ4v) is 2.05. The second kappa shape index (κ2) is 4.52. The van der Waals surface area contributed by atoms with E-state index in [-0.39, 0.29) is 0 Å². The van der Waals surface area contributed by atoms with Crippen LogP contribution in [-0.2, 0) is 0 Å². The zero-order valence-electron chi connectivity index (χ0n) is 10.2. The summed E-state index contributed by atoms with van der Waals surface area (Å²) >= 11 is 0. The smallest absolute Gasteiger partial charge is 0.132 e. The first-order valence-electron chi connectivity index (χ1n) is 5.87. The predicted molar refractivity (Wildman–Crippen MR) is 70.0 cm³/mol. The van der Waals surface area contributed by atoms with Gasteiger partial charge in [0.05, 0.1) is 5.52 Å². The summed E-state index contributed by atoms with van der Waals surface area (Å²) in [6.07, 6.45) is 0. The highest BCUT2D eigenvalue weighted by atomic mass is 15.2. The Kier molecular flexibility index (Phi) is 3.09. The largest absolute Gasteiger partial charge is 0.357 e. The van der Waals surface area contributed by atoms with Gasteiger partial charge in [0.1, 0.15) is 5.82 Å². The molecule has 0 radical (unpaired) electrons. The molecule has 0 N–H and O–H groups in total. The summed E-state index contributed by atoms with van der Waals surface area (Å²) in [5.74, 6) is 1.11. The van der Waals surface area contributed by atoms with Gasteiger partial charge in [-0.05, 0) is 38.5 Å². The molecule has 84 valence electrons. The molecule has 0 spiro atoms. The monoisotopic (exact) mass is 214 g/mol. The van der Waals surface area contributed by atoms with Crippen LogP contribution in [0.4, 0.5) is 5.82 Å². The van der Waals surface area contributed by atoms with E-state index >= 15 is 0 Å². The maximum Gasteiger partial charge on any atom is 0.132 e. The standard InChI is InChI=1S/C14H18N2/c1-4-16(5-2)14-11(3)10-12-8-6-7-9-13(12)15-14/h6-10H,4-5H2,1-3H3. The van der Waals surface area contributed by atoms with Crippen molar-refractivity contribution in [2.24, 2.45) is 0 Å². The number of hydrogen-bond donors (Lipinski definition) is 0. The van der Waals surface area contributed by atoms with Crippen molar-refractivity contribution in [3.05, 3.63) is 35.9 Å². The molecule has 0 aliphatic rings. The van der Waals surface area contributed by atoms with E-state index in [2.05, 4.69) is 49.9 Å². The quantitative estimate of drug-likeness (QED) is 0.778. The number of para-hydroxylation sites is 1. The third-order valence-electron chi connectivity index (χ3n) is 2.95. The summed E-state index contributed by atoms with van der Waals surface area (Å²) in [5.41, 5.74) is 2.33. The van der Waals surface area contributed by atoms with Crippen LogP contribution in [0.1, 0.15) is 19.4 Å². The van der Waals surface area contributed by atoms with Gasteiger partial charge in [-0.1, -0.05) is 18.2 Å². The van der Waals surface area contributed by atoms with Gasteiger partial charge in [0.15, 0.2) is 0 Å². The van der Waals surface area contributed by atoms with Crippen molar-refractivity contribution in [1.29, 1.82) is 0 Å². The molecule has 1 aromatic carbocycles. The van der Waals surface area contributed by atoms with Crippen LogP contribution in [0.25, 0.3) is 10.9 Å². The Hall–Kier alpha value is -1.57. The Balaban J connectivity index is 2.57. The molecule has 1 heterocycles. The minimum Gasteiger partial charge on any atom is -0.357 e. The van der Waals surface area contributed by atoms with Crippen LogP contribution in [0.5, 0.6) is 0 Å². The number of rotatable bonds is 3. The van der Waals surface area contributed by atoms with E-state index in [1.54, 1.807) is 0 Å². The Morgan fingerprint density at radius 1 is 1.12 bits per heavy atom. The van der Waals surface area contributed by atoms with E-state index in [4.69, 9.17) is 4.98 Å². The lowest BCUT2D eigenvalue weighted by molar-refractivity contribution is 0.844.